The zero-order valence-electron chi connectivity index (χ0n) is 21.6. The van der Waals surface area contributed by atoms with Crippen LogP contribution in [-0.4, -0.2) is 28.2 Å². The molecule has 5 nitrogen and oxygen atoms in total. The van der Waals surface area contributed by atoms with E-state index < -0.39 is 12.1 Å². The molecule has 0 bridgehead atoms. The predicted octanol–water partition coefficient (Wildman–Crippen LogP) is 7.16. The van der Waals surface area contributed by atoms with E-state index in [-0.39, 0.29) is 30.1 Å². The maximum atomic E-state index is 11.8. The van der Waals surface area contributed by atoms with E-state index in [2.05, 4.69) is 39.8 Å². The van der Waals surface area contributed by atoms with Gasteiger partial charge in [-0.15, -0.1) is 0 Å². The molecule has 0 saturated heterocycles. The summed E-state index contributed by atoms with van der Waals surface area (Å²) >= 11 is 0. The van der Waals surface area contributed by atoms with E-state index in [1.807, 2.05) is 39.8 Å². The van der Waals surface area contributed by atoms with Crippen LogP contribution in [0.5, 0.6) is 11.5 Å². The standard InChI is InChI=1S/C29H38O5/c1-16(2)22-12-20(13-23(17(3)4)27(22)31)21-14-24(18(5)6)28(25(15-21)19(7)8)34-26(29(32)33)10-9-11-30/h9,12-19,26,31H,10H2,1-8H3,(H,32,33). The van der Waals surface area contributed by atoms with Crippen molar-refractivity contribution in [2.75, 3.05) is 0 Å². The number of rotatable bonds is 10. The number of hydrogen-bond acceptors (Lipinski definition) is 4. The normalized spacial score (nSPS) is 12.4. The lowest BCUT2D eigenvalue weighted by Crippen LogP contribution is -2.27. The molecule has 0 heterocycles. The lowest BCUT2D eigenvalue weighted by Gasteiger charge is -2.25. The molecule has 0 radical (unpaired) electrons. The minimum Gasteiger partial charge on any atom is -0.507 e. The molecule has 34 heavy (non-hydrogen) atoms. The van der Waals surface area contributed by atoms with Gasteiger partial charge in [-0.1, -0.05) is 55.4 Å². The molecule has 0 aromatic heterocycles. The molecule has 1 unspecified atom stereocenters. The average molecular weight is 467 g/mol. The van der Waals surface area contributed by atoms with E-state index in [1.54, 1.807) is 5.94 Å². The highest BCUT2D eigenvalue weighted by atomic mass is 16.5. The predicted molar refractivity (Wildman–Crippen MR) is 137 cm³/mol. The molecular weight excluding hydrogens is 428 g/mol. The second-order valence-electron chi connectivity index (χ2n) is 10.1. The van der Waals surface area contributed by atoms with Crippen molar-refractivity contribution in [3.8, 4) is 22.6 Å². The zero-order valence-corrected chi connectivity index (χ0v) is 21.6. The number of carbonyl (C=O) groups is 1. The van der Waals surface area contributed by atoms with Crippen molar-refractivity contribution in [1.82, 2.24) is 0 Å². The fourth-order valence-electron chi connectivity index (χ4n) is 4.06. The van der Waals surface area contributed by atoms with Crippen LogP contribution in [0.2, 0.25) is 0 Å². The molecule has 184 valence electrons. The van der Waals surface area contributed by atoms with Crippen LogP contribution in [0.4, 0.5) is 0 Å². The second kappa shape index (κ2) is 11.4. The van der Waals surface area contributed by atoms with Gasteiger partial charge in [-0.2, -0.15) is 0 Å². The molecule has 1 atom stereocenters. The Morgan fingerprint density at radius 1 is 0.824 bits per heavy atom. The first-order chi connectivity index (χ1) is 15.9. The van der Waals surface area contributed by atoms with Crippen LogP contribution in [-0.2, 0) is 9.59 Å². The van der Waals surface area contributed by atoms with Crippen molar-refractivity contribution in [3.05, 3.63) is 52.6 Å². The van der Waals surface area contributed by atoms with Crippen molar-refractivity contribution in [1.29, 1.82) is 0 Å². The monoisotopic (exact) mass is 466 g/mol. The highest BCUT2D eigenvalue weighted by molar-refractivity contribution is 5.75. The summed E-state index contributed by atoms with van der Waals surface area (Å²) in [5, 5.41) is 20.5. The molecule has 0 aliphatic rings. The Hall–Kier alpha value is -3.04. The van der Waals surface area contributed by atoms with Crippen molar-refractivity contribution in [2.45, 2.75) is 91.6 Å². The number of aliphatic carboxylic acids is 1. The van der Waals surface area contributed by atoms with Crippen molar-refractivity contribution in [2.24, 2.45) is 0 Å². The molecule has 2 aromatic rings. The Morgan fingerprint density at radius 3 is 1.53 bits per heavy atom. The van der Waals surface area contributed by atoms with Crippen molar-refractivity contribution < 1.29 is 24.5 Å². The lowest BCUT2D eigenvalue weighted by atomic mass is 9.86. The molecule has 2 rings (SSSR count). The lowest BCUT2D eigenvalue weighted by molar-refractivity contribution is -0.144. The van der Waals surface area contributed by atoms with E-state index in [0.29, 0.717) is 11.5 Å². The first kappa shape index (κ1) is 27.2. The van der Waals surface area contributed by atoms with Gasteiger partial charge >= 0.3 is 5.97 Å². The summed E-state index contributed by atoms with van der Waals surface area (Å²) in [7, 11) is 0. The number of ether oxygens (including phenoxy) is 1. The third-order valence-electron chi connectivity index (χ3n) is 6.09. The Labute approximate surface area is 203 Å². The SMILES string of the molecule is CC(C)c1cc(-c2cc(C(C)C)c(OC(CC=C=O)C(=O)O)c(C(C)C)c2)cc(C(C)C)c1O. The molecule has 0 spiro atoms. The number of carbonyl (C=O) groups excluding carboxylic acids is 1. The molecular formula is C29H38O5. The molecule has 0 aliphatic carbocycles. The van der Waals surface area contributed by atoms with E-state index in [1.165, 1.54) is 0 Å². The van der Waals surface area contributed by atoms with Crippen LogP contribution in [0.3, 0.4) is 0 Å². The fraction of sp³-hybridized carbons (Fsp3) is 0.483. The fourth-order valence-corrected chi connectivity index (χ4v) is 4.06. The topological polar surface area (TPSA) is 83.8 Å². The zero-order chi connectivity index (χ0) is 25.7. The van der Waals surface area contributed by atoms with Crippen LogP contribution in [0.25, 0.3) is 11.1 Å². The molecule has 0 aliphatic heterocycles. The molecule has 2 aromatic carbocycles. The molecule has 0 fully saturated rings. The summed E-state index contributed by atoms with van der Waals surface area (Å²) < 4.78 is 6.05. The van der Waals surface area contributed by atoms with Crippen LogP contribution in [0.15, 0.2) is 30.3 Å². The Morgan fingerprint density at radius 2 is 1.21 bits per heavy atom. The number of aromatic hydroxyl groups is 1. The first-order valence-electron chi connectivity index (χ1n) is 12.0. The van der Waals surface area contributed by atoms with Gasteiger partial charge in [-0.05, 0) is 81.3 Å². The number of carboxylic acid groups (broad SMARTS) is 1. The van der Waals surface area contributed by atoms with Gasteiger partial charge in [0, 0.05) is 12.5 Å². The third kappa shape index (κ3) is 6.09. The van der Waals surface area contributed by atoms with Gasteiger partial charge < -0.3 is 14.9 Å². The Balaban J connectivity index is 2.79. The average Bonchev–Trinajstić information content (AvgIpc) is 2.75. The molecule has 2 N–H and O–H groups in total. The summed E-state index contributed by atoms with van der Waals surface area (Å²) in [6.07, 6.45) is -0.0754. The van der Waals surface area contributed by atoms with Crippen molar-refractivity contribution >= 4 is 11.9 Å². The van der Waals surface area contributed by atoms with Crippen molar-refractivity contribution in [3.63, 3.8) is 0 Å². The van der Waals surface area contributed by atoms with Crippen LogP contribution in [0, 0.1) is 0 Å². The summed E-state index contributed by atoms with van der Waals surface area (Å²) in [4.78, 5) is 22.5. The smallest absolute Gasteiger partial charge is 0.345 e. The van der Waals surface area contributed by atoms with Crippen LogP contribution in [0.1, 0.15) is 108 Å². The van der Waals surface area contributed by atoms with E-state index >= 15 is 0 Å². The summed E-state index contributed by atoms with van der Waals surface area (Å²) in [6, 6.07) is 8.21. The largest absolute Gasteiger partial charge is 0.507 e. The second-order valence-corrected chi connectivity index (χ2v) is 10.1. The van der Waals surface area contributed by atoms with E-state index in [0.717, 1.165) is 39.5 Å². The summed E-state index contributed by atoms with van der Waals surface area (Å²) in [6.45, 7) is 16.5. The van der Waals surface area contributed by atoms with Gasteiger partial charge in [0.15, 0.2) is 6.10 Å². The van der Waals surface area contributed by atoms with E-state index in [9.17, 15) is 19.8 Å². The van der Waals surface area contributed by atoms with Crippen LogP contribution < -0.4 is 4.74 Å². The summed E-state index contributed by atoms with van der Waals surface area (Å²) in [5.74, 6) is 1.92. The quantitative estimate of drug-likeness (QED) is 0.363. The number of phenolic OH excluding ortho intramolecular Hbond substituents is 1. The Kier molecular flexibility index (Phi) is 9.12. The number of benzene rings is 2. The molecule has 0 saturated carbocycles. The van der Waals surface area contributed by atoms with Crippen LogP contribution >= 0.6 is 0 Å². The molecule has 5 heteroatoms. The highest BCUT2D eigenvalue weighted by Crippen LogP contribution is 2.42. The van der Waals surface area contributed by atoms with Gasteiger partial charge in [0.1, 0.15) is 17.4 Å². The number of phenols is 1. The summed E-state index contributed by atoms with van der Waals surface area (Å²) in [5.41, 5.74) is 5.65. The number of hydrogen-bond donors (Lipinski definition) is 2. The minimum atomic E-state index is -1.17. The first-order valence-corrected chi connectivity index (χ1v) is 12.0. The van der Waals surface area contributed by atoms with E-state index in [4.69, 9.17) is 4.74 Å². The van der Waals surface area contributed by atoms with Gasteiger partial charge in [-0.25, -0.2) is 9.59 Å². The maximum Gasteiger partial charge on any atom is 0.345 e. The minimum absolute atomic E-state index is 0.0525. The van der Waals surface area contributed by atoms with Gasteiger partial charge in [0.2, 0.25) is 0 Å². The third-order valence-corrected chi connectivity index (χ3v) is 6.09. The van der Waals surface area contributed by atoms with Gasteiger partial charge in [0.05, 0.1) is 0 Å². The Bertz CT molecular complexity index is 1010. The molecule has 0 amide bonds. The maximum absolute atomic E-state index is 11.8. The van der Waals surface area contributed by atoms with Gasteiger partial charge in [0.25, 0.3) is 0 Å². The highest BCUT2D eigenvalue weighted by Gasteiger charge is 2.25. The van der Waals surface area contributed by atoms with Gasteiger partial charge in [-0.3, -0.25) is 0 Å². The number of carboxylic acids is 1.